The van der Waals surface area contributed by atoms with Gasteiger partial charge in [-0.2, -0.15) is 0 Å². The lowest BCUT2D eigenvalue weighted by atomic mass is 9.82. The zero-order chi connectivity index (χ0) is 41.9. The van der Waals surface area contributed by atoms with Crippen LogP contribution in [0.25, 0.3) is 0 Å². The molecule has 0 aliphatic carbocycles. The van der Waals surface area contributed by atoms with Crippen molar-refractivity contribution in [1.82, 2.24) is 25.3 Å². The van der Waals surface area contributed by atoms with Gasteiger partial charge in [0.05, 0.1) is 48.3 Å². The van der Waals surface area contributed by atoms with Crippen LogP contribution in [-0.4, -0.2) is 135 Å². The highest BCUT2D eigenvalue weighted by Crippen LogP contribution is 2.39. The molecule has 1 unspecified atom stereocenters. The summed E-state index contributed by atoms with van der Waals surface area (Å²) in [6.45, 7) is 17.8. The topological polar surface area (TPSA) is 156 Å². The van der Waals surface area contributed by atoms with E-state index in [1.165, 1.54) is 0 Å². The first-order valence-corrected chi connectivity index (χ1v) is 19.9. The van der Waals surface area contributed by atoms with E-state index >= 15 is 0 Å². The van der Waals surface area contributed by atoms with Crippen LogP contribution in [0.4, 0.5) is 0 Å². The molecule has 11 atom stereocenters. The standard InChI is InChI=1S/C42H74N6O7/c1-16-27(6)37(47(12)41(52)35(25(2)3)45-40(51)36(26(4)5)46(10)11)32(54-14)22-33(49)48-24-31(53-13)23-42(48,9)38(55-15)28(7)39(50)44-29(8)34(43)30-20-18-17-19-21-30/h17-21,25-29,31-32,34-38H,16,22-24,43H2,1-15H3,(H,44,50)(H,45,51)/t27?,28-,29+,31-,32-,34+,35+,36+,37+,38-,42+/m1/s1. The lowest BCUT2D eigenvalue weighted by Gasteiger charge is -2.44. The lowest BCUT2D eigenvalue weighted by Crippen LogP contribution is -2.61. The minimum absolute atomic E-state index is 0.0239. The highest BCUT2D eigenvalue weighted by molar-refractivity contribution is 5.90. The average Bonchev–Trinajstić information content (AvgIpc) is 3.49. The van der Waals surface area contributed by atoms with Crippen LogP contribution in [0.3, 0.4) is 0 Å². The van der Waals surface area contributed by atoms with E-state index in [1.54, 1.807) is 38.2 Å². The maximum Gasteiger partial charge on any atom is 0.245 e. The fraction of sp³-hybridized carbons (Fsp3) is 0.762. The number of carbonyl (C=O) groups excluding carboxylic acids is 4. The molecule has 0 spiro atoms. The van der Waals surface area contributed by atoms with Crippen LogP contribution >= 0.6 is 0 Å². The lowest BCUT2D eigenvalue weighted by molar-refractivity contribution is -0.152. The number of nitrogens with two attached hydrogens (primary N) is 1. The Kier molecular flexibility index (Phi) is 18.7. The summed E-state index contributed by atoms with van der Waals surface area (Å²) in [4.78, 5) is 61.5. The van der Waals surface area contributed by atoms with E-state index in [-0.39, 0.29) is 59.9 Å². The van der Waals surface area contributed by atoms with Crippen molar-refractivity contribution in [3.05, 3.63) is 35.9 Å². The molecule has 4 N–H and O–H groups in total. The molecule has 1 fully saturated rings. The summed E-state index contributed by atoms with van der Waals surface area (Å²) in [7, 11) is 10.2. The summed E-state index contributed by atoms with van der Waals surface area (Å²) in [5.74, 6) is -1.71. The van der Waals surface area contributed by atoms with Gasteiger partial charge in [0.2, 0.25) is 23.6 Å². The summed E-state index contributed by atoms with van der Waals surface area (Å²) in [6.07, 6.45) is -0.477. The third kappa shape index (κ3) is 11.7. The second-order valence-corrected chi connectivity index (χ2v) is 16.8. The van der Waals surface area contributed by atoms with Crippen LogP contribution in [0.5, 0.6) is 0 Å². The molecule has 4 amide bonds. The van der Waals surface area contributed by atoms with Gasteiger partial charge < -0.3 is 40.4 Å². The highest BCUT2D eigenvalue weighted by atomic mass is 16.5. The molecule has 2 rings (SSSR count). The molecule has 1 heterocycles. The van der Waals surface area contributed by atoms with Gasteiger partial charge in [-0.1, -0.05) is 85.2 Å². The van der Waals surface area contributed by atoms with Gasteiger partial charge in [-0.3, -0.25) is 24.1 Å². The van der Waals surface area contributed by atoms with Gasteiger partial charge in [-0.15, -0.1) is 0 Å². The predicted octanol–water partition coefficient (Wildman–Crippen LogP) is 3.85. The number of likely N-dealkylation sites (N-methyl/N-ethyl adjacent to an activating group) is 2. The van der Waals surface area contributed by atoms with Gasteiger partial charge in [-0.05, 0) is 51.3 Å². The van der Waals surface area contributed by atoms with E-state index in [9.17, 15) is 19.2 Å². The Morgan fingerprint density at radius 1 is 0.909 bits per heavy atom. The molecule has 1 aromatic carbocycles. The van der Waals surface area contributed by atoms with Gasteiger partial charge in [0.1, 0.15) is 6.04 Å². The zero-order valence-electron chi connectivity index (χ0n) is 36.4. The van der Waals surface area contributed by atoms with Crippen LogP contribution in [0.1, 0.15) is 93.2 Å². The predicted molar refractivity (Wildman–Crippen MR) is 217 cm³/mol. The molecule has 1 saturated heterocycles. The minimum Gasteiger partial charge on any atom is -0.380 e. The average molecular weight is 775 g/mol. The number of hydrogen-bond donors (Lipinski definition) is 3. The Morgan fingerprint density at radius 2 is 1.51 bits per heavy atom. The number of amides is 4. The third-order valence-corrected chi connectivity index (χ3v) is 11.9. The van der Waals surface area contributed by atoms with E-state index in [4.69, 9.17) is 19.9 Å². The molecule has 0 aromatic heterocycles. The van der Waals surface area contributed by atoms with Crippen molar-refractivity contribution < 1.29 is 33.4 Å². The van der Waals surface area contributed by atoms with Gasteiger partial charge in [0.15, 0.2) is 0 Å². The summed E-state index contributed by atoms with van der Waals surface area (Å²) in [5.41, 5.74) is 6.51. The molecule has 1 aromatic rings. The SMILES string of the molecule is CCC(C)[C@@H]([C@@H](CC(=O)N1C[C@H](OC)C[C@@]1(C)[C@H](OC)[C@@H](C)C(=O)N[C@@H](C)[C@H](N)c1ccccc1)OC)N(C)C(=O)[C@@H](NC(=O)[C@H](C(C)C)N(C)C)C(C)C. The van der Waals surface area contributed by atoms with Crippen LogP contribution in [0.2, 0.25) is 0 Å². The molecular formula is C42H74N6O7. The Labute approximate surface area is 331 Å². The molecule has 0 saturated carbocycles. The monoisotopic (exact) mass is 775 g/mol. The number of nitrogens with one attached hydrogen (secondary N) is 2. The molecule has 55 heavy (non-hydrogen) atoms. The minimum atomic E-state index is -0.910. The fourth-order valence-corrected chi connectivity index (χ4v) is 8.52. The van der Waals surface area contributed by atoms with Gasteiger partial charge >= 0.3 is 0 Å². The second kappa shape index (κ2) is 21.4. The maximum absolute atomic E-state index is 14.6. The van der Waals surface area contributed by atoms with Crippen molar-refractivity contribution >= 4 is 23.6 Å². The summed E-state index contributed by atoms with van der Waals surface area (Å²) >= 11 is 0. The molecule has 1 aliphatic heterocycles. The second-order valence-electron chi connectivity index (χ2n) is 16.8. The molecule has 13 heteroatoms. The van der Waals surface area contributed by atoms with Gasteiger partial charge in [0.25, 0.3) is 0 Å². The van der Waals surface area contributed by atoms with E-state index in [0.29, 0.717) is 13.0 Å². The summed E-state index contributed by atoms with van der Waals surface area (Å²) < 4.78 is 18.0. The van der Waals surface area contributed by atoms with Crippen LogP contribution in [0.15, 0.2) is 30.3 Å². The van der Waals surface area contributed by atoms with Crippen LogP contribution in [-0.2, 0) is 33.4 Å². The zero-order valence-corrected chi connectivity index (χ0v) is 36.4. The van der Waals surface area contributed by atoms with Crippen LogP contribution in [0, 0.1) is 23.7 Å². The maximum atomic E-state index is 14.6. The van der Waals surface area contributed by atoms with E-state index in [2.05, 4.69) is 10.6 Å². The number of rotatable bonds is 21. The quantitative estimate of drug-likeness (QED) is 0.169. The first-order chi connectivity index (χ1) is 25.7. The highest BCUT2D eigenvalue weighted by Gasteiger charge is 2.53. The van der Waals surface area contributed by atoms with Gasteiger partial charge in [0, 0.05) is 53.4 Å². The number of hydrogen-bond acceptors (Lipinski definition) is 9. The number of nitrogens with zero attached hydrogens (tertiary/aromatic N) is 3. The largest absolute Gasteiger partial charge is 0.380 e. The van der Waals surface area contributed by atoms with Crippen molar-refractivity contribution in [1.29, 1.82) is 0 Å². The molecule has 13 nitrogen and oxygen atoms in total. The number of ether oxygens (including phenoxy) is 3. The third-order valence-electron chi connectivity index (χ3n) is 11.9. The Balaban J connectivity index is 2.39. The van der Waals surface area contributed by atoms with Crippen molar-refractivity contribution in [2.24, 2.45) is 29.4 Å². The van der Waals surface area contributed by atoms with E-state index < -0.39 is 47.8 Å². The van der Waals surface area contributed by atoms with E-state index in [0.717, 1.165) is 12.0 Å². The Hall–Kier alpha value is -3.10. The van der Waals surface area contributed by atoms with Crippen molar-refractivity contribution in [3.63, 3.8) is 0 Å². The fourth-order valence-electron chi connectivity index (χ4n) is 8.52. The smallest absolute Gasteiger partial charge is 0.245 e. The molecular weight excluding hydrogens is 700 g/mol. The molecule has 314 valence electrons. The van der Waals surface area contributed by atoms with E-state index in [1.807, 2.05) is 112 Å². The van der Waals surface area contributed by atoms with Crippen LogP contribution < -0.4 is 16.4 Å². The van der Waals surface area contributed by atoms with Crippen molar-refractivity contribution in [3.8, 4) is 0 Å². The van der Waals surface area contributed by atoms with Crippen molar-refractivity contribution in [2.45, 2.75) is 136 Å². The molecule has 0 radical (unpaired) electrons. The summed E-state index contributed by atoms with van der Waals surface area (Å²) in [6, 6.07) is 7.19. The Morgan fingerprint density at radius 3 is 1.98 bits per heavy atom. The van der Waals surface area contributed by atoms with Gasteiger partial charge in [-0.25, -0.2) is 0 Å². The normalized spacial score (nSPS) is 22.4. The molecule has 1 aliphatic rings. The molecule has 0 bridgehead atoms. The first-order valence-electron chi connectivity index (χ1n) is 19.9. The summed E-state index contributed by atoms with van der Waals surface area (Å²) in [5, 5.41) is 6.13. The number of likely N-dealkylation sites (tertiary alicyclic amines) is 1. The Bertz CT molecular complexity index is 1370. The number of benzene rings is 1. The van der Waals surface area contributed by atoms with Crippen molar-refractivity contribution in [2.75, 3.05) is 49.0 Å². The number of carbonyl (C=O) groups is 4. The number of methoxy groups -OCH3 is 3. The first kappa shape index (κ1) is 48.0.